The Morgan fingerprint density at radius 3 is 2.83 bits per heavy atom. The molecule has 2 aromatic rings. The summed E-state index contributed by atoms with van der Waals surface area (Å²) in [6, 6.07) is 5.38. The van der Waals surface area contributed by atoms with Gasteiger partial charge in [0.2, 0.25) is 0 Å². The van der Waals surface area contributed by atoms with E-state index in [1.807, 2.05) is 12.1 Å². The summed E-state index contributed by atoms with van der Waals surface area (Å²) in [5, 5.41) is 0.968. The van der Waals surface area contributed by atoms with Gasteiger partial charge < -0.3 is 0 Å². The number of thiophene rings is 1. The first-order valence-corrected chi connectivity index (χ1v) is 5.13. The van der Waals surface area contributed by atoms with Gasteiger partial charge in [-0.2, -0.15) is 0 Å². The molecule has 1 aromatic carbocycles. The number of hydrogen-bond acceptors (Lipinski definition) is 1. The van der Waals surface area contributed by atoms with Crippen molar-refractivity contribution in [1.82, 2.24) is 0 Å². The standard InChI is InChI=1S/C9H6BrFS/c1-5-2-8-6(3-7(5)11)4-9(10)12-8/h2-4H,1H3. The molecule has 0 saturated carbocycles. The van der Waals surface area contributed by atoms with Crippen LogP contribution >= 0.6 is 27.3 Å². The van der Waals surface area contributed by atoms with Crippen LogP contribution < -0.4 is 0 Å². The van der Waals surface area contributed by atoms with Gasteiger partial charge in [-0.25, -0.2) is 4.39 Å². The smallest absolute Gasteiger partial charge is 0.126 e. The molecule has 0 aliphatic carbocycles. The van der Waals surface area contributed by atoms with Gasteiger partial charge in [0.15, 0.2) is 0 Å². The predicted octanol–water partition coefficient (Wildman–Crippen LogP) is 4.11. The normalized spacial score (nSPS) is 10.9. The average Bonchev–Trinajstić information content (AvgIpc) is 2.30. The van der Waals surface area contributed by atoms with Crippen LogP contribution in [0, 0.1) is 12.7 Å². The Kier molecular flexibility index (Phi) is 1.93. The summed E-state index contributed by atoms with van der Waals surface area (Å²) in [4.78, 5) is 0. The lowest BCUT2D eigenvalue weighted by Gasteiger charge is -1.94. The minimum atomic E-state index is -0.132. The Labute approximate surface area is 82.2 Å². The Balaban J connectivity index is 2.83. The first-order chi connectivity index (χ1) is 5.66. The molecule has 1 aromatic heterocycles. The molecule has 0 nitrogen and oxygen atoms in total. The molecule has 3 heteroatoms. The van der Waals surface area contributed by atoms with Crippen LogP contribution in [0.15, 0.2) is 22.0 Å². The van der Waals surface area contributed by atoms with Crippen LogP contribution in [0.5, 0.6) is 0 Å². The molecule has 12 heavy (non-hydrogen) atoms. The largest absolute Gasteiger partial charge is 0.207 e. The zero-order chi connectivity index (χ0) is 8.72. The lowest BCUT2D eigenvalue weighted by Crippen LogP contribution is -1.78. The molecular formula is C9H6BrFS. The van der Waals surface area contributed by atoms with Crippen molar-refractivity contribution in [1.29, 1.82) is 0 Å². The molecule has 0 saturated heterocycles. The molecule has 0 spiro atoms. The minimum Gasteiger partial charge on any atom is -0.207 e. The third-order valence-electron chi connectivity index (χ3n) is 1.77. The van der Waals surface area contributed by atoms with Crippen LogP contribution in [0.3, 0.4) is 0 Å². The topological polar surface area (TPSA) is 0 Å². The molecule has 0 bridgehead atoms. The number of benzene rings is 1. The molecule has 0 amide bonds. The van der Waals surface area contributed by atoms with Gasteiger partial charge in [-0.3, -0.25) is 0 Å². The van der Waals surface area contributed by atoms with E-state index in [0.29, 0.717) is 5.56 Å². The van der Waals surface area contributed by atoms with Crippen LogP contribution in [0.4, 0.5) is 4.39 Å². The van der Waals surface area contributed by atoms with E-state index in [1.165, 1.54) is 0 Å². The van der Waals surface area contributed by atoms with E-state index in [0.717, 1.165) is 13.9 Å². The zero-order valence-electron chi connectivity index (χ0n) is 6.40. The summed E-state index contributed by atoms with van der Waals surface area (Å²) in [7, 11) is 0. The van der Waals surface area contributed by atoms with Crippen molar-refractivity contribution in [2.75, 3.05) is 0 Å². The molecule has 0 atom stereocenters. The molecule has 0 N–H and O–H groups in total. The minimum absolute atomic E-state index is 0.132. The van der Waals surface area contributed by atoms with Crippen molar-refractivity contribution in [2.45, 2.75) is 6.92 Å². The number of halogens is 2. The number of aryl methyl sites for hydroxylation is 1. The second-order valence-electron chi connectivity index (χ2n) is 2.69. The van der Waals surface area contributed by atoms with Crippen LogP contribution in [0.25, 0.3) is 10.1 Å². The average molecular weight is 245 g/mol. The van der Waals surface area contributed by atoms with Gasteiger partial charge in [0.1, 0.15) is 5.82 Å². The lowest BCUT2D eigenvalue weighted by molar-refractivity contribution is 0.620. The van der Waals surface area contributed by atoms with E-state index in [2.05, 4.69) is 15.9 Å². The van der Waals surface area contributed by atoms with E-state index in [9.17, 15) is 4.39 Å². The van der Waals surface area contributed by atoms with Crippen LogP contribution in [0.2, 0.25) is 0 Å². The number of fused-ring (bicyclic) bond motifs is 1. The lowest BCUT2D eigenvalue weighted by atomic mass is 10.2. The number of rotatable bonds is 0. The highest BCUT2D eigenvalue weighted by Gasteiger charge is 2.03. The van der Waals surface area contributed by atoms with Crippen molar-refractivity contribution < 1.29 is 4.39 Å². The fourth-order valence-electron chi connectivity index (χ4n) is 1.13. The van der Waals surface area contributed by atoms with Crippen molar-refractivity contribution in [3.63, 3.8) is 0 Å². The Bertz CT molecular complexity index is 394. The van der Waals surface area contributed by atoms with Gasteiger partial charge >= 0.3 is 0 Å². The van der Waals surface area contributed by atoms with Crippen molar-refractivity contribution in [2.24, 2.45) is 0 Å². The van der Waals surface area contributed by atoms with Gasteiger partial charge in [-0.05, 0) is 52.0 Å². The third kappa shape index (κ3) is 1.27. The monoisotopic (exact) mass is 244 g/mol. The molecule has 1 heterocycles. The zero-order valence-corrected chi connectivity index (χ0v) is 8.80. The van der Waals surface area contributed by atoms with E-state index >= 15 is 0 Å². The van der Waals surface area contributed by atoms with E-state index in [4.69, 9.17) is 0 Å². The maximum Gasteiger partial charge on any atom is 0.126 e. The molecule has 0 aliphatic heterocycles. The van der Waals surface area contributed by atoms with E-state index in [1.54, 1.807) is 24.3 Å². The Morgan fingerprint density at radius 1 is 1.33 bits per heavy atom. The summed E-state index contributed by atoms with van der Waals surface area (Å²) < 4.78 is 15.2. The van der Waals surface area contributed by atoms with Crippen molar-refractivity contribution >= 4 is 37.4 Å². The summed E-state index contributed by atoms with van der Waals surface area (Å²) in [5.41, 5.74) is 0.705. The Morgan fingerprint density at radius 2 is 2.08 bits per heavy atom. The maximum absolute atomic E-state index is 13.0. The van der Waals surface area contributed by atoms with Gasteiger partial charge in [0.25, 0.3) is 0 Å². The second-order valence-corrected chi connectivity index (χ2v) is 5.15. The van der Waals surface area contributed by atoms with Gasteiger partial charge in [-0.1, -0.05) is 0 Å². The first-order valence-electron chi connectivity index (χ1n) is 3.52. The van der Waals surface area contributed by atoms with Crippen LogP contribution in [-0.2, 0) is 0 Å². The van der Waals surface area contributed by atoms with Gasteiger partial charge in [0, 0.05) is 4.70 Å². The summed E-state index contributed by atoms with van der Waals surface area (Å²) >= 11 is 4.99. The first kappa shape index (κ1) is 8.20. The molecular weight excluding hydrogens is 239 g/mol. The molecule has 62 valence electrons. The summed E-state index contributed by atoms with van der Waals surface area (Å²) in [5.74, 6) is -0.132. The number of hydrogen-bond donors (Lipinski definition) is 0. The van der Waals surface area contributed by atoms with E-state index < -0.39 is 0 Å². The fourth-order valence-corrected chi connectivity index (χ4v) is 2.77. The molecule has 0 radical (unpaired) electrons. The fraction of sp³-hybridized carbons (Fsp3) is 0.111. The molecule has 0 fully saturated rings. The quantitative estimate of drug-likeness (QED) is 0.655. The van der Waals surface area contributed by atoms with Crippen molar-refractivity contribution in [3.05, 3.63) is 33.4 Å². The van der Waals surface area contributed by atoms with Crippen molar-refractivity contribution in [3.8, 4) is 0 Å². The summed E-state index contributed by atoms with van der Waals surface area (Å²) in [6.45, 7) is 1.78. The highest BCUT2D eigenvalue weighted by atomic mass is 79.9. The van der Waals surface area contributed by atoms with Gasteiger partial charge in [-0.15, -0.1) is 11.3 Å². The molecule has 2 rings (SSSR count). The van der Waals surface area contributed by atoms with Crippen LogP contribution in [0.1, 0.15) is 5.56 Å². The van der Waals surface area contributed by atoms with Crippen LogP contribution in [-0.4, -0.2) is 0 Å². The third-order valence-corrected chi connectivity index (χ3v) is 3.37. The second kappa shape index (κ2) is 2.82. The van der Waals surface area contributed by atoms with Gasteiger partial charge in [0.05, 0.1) is 3.79 Å². The predicted molar refractivity (Wildman–Crippen MR) is 54.2 cm³/mol. The highest BCUT2D eigenvalue weighted by Crippen LogP contribution is 2.31. The highest BCUT2D eigenvalue weighted by molar-refractivity contribution is 9.11. The molecule has 0 unspecified atom stereocenters. The molecule has 0 aliphatic rings. The Hall–Kier alpha value is -0.410. The van der Waals surface area contributed by atoms with E-state index in [-0.39, 0.29) is 5.82 Å². The SMILES string of the molecule is Cc1cc2sc(Br)cc2cc1F. The maximum atomic E-state index is 13.0. The summed E-state index contributed by atoms with van der Waals surface area (Å²) in [6.07, 6.45) is 0.